The number of rotatable bonds is 13. The number of benzene rings is 3. The Morgan fingerprint density at radius 3 is 2.02 bits per heavy atom. The minimum Gasteiger partial charge on any atom is -0.491 e. The Bertz CT molecular complexity index is 1420. The van der Waals surface area contributed by atoms with Crippen molar-refractivity contribution in [2.75, 3.05) is 39.0 Å². The van der Waals surface area contributed by atoms with Crippen LogP contribution in [0.15, 0.2) is 88.7 Å². The van der Waals surface area contributed by atoms with Gasteiger partial charge in [-0.1, -0.05) is 30.3 Å². The number of ether oxygens (including phenoxy) is 2. The van der Waals surface area contributed by atoms with Gasteiger partial charge in [-0.2, -0.15) is 4.31 Å². The van der Waals surface area contributed by atoms with Crippen LogP contribution in [0.2, 0.25) is 0 Å². The Labute approximate surface area is 236 Å². The van der Waals surface area contributed by atoms with E-state index < -0.39 is 26.0 Å². The van der Waals surface area contributed by atoms with Gasteiger partial charge in [0.25, 0.3) is 0 Å². The van der Waals surface area contributed by atoms with Crippen LogP contribution in [0.5, 0.6) is 11.5 Å². The normalized spacial score (nSPS) is 15.9. The third-order valence-corrected chi connectivity index (χ3v) is 9.83. The van der Waals surface area contributed by atoms with Crippen molar-refractivity contribution in [2.24, 2.45) is 5.92 Å². The molecule has 1 saturated heterocycles. The zero-order valence-electron chi connectivity index (χ0n) is 22.5. The summed E-state index contributed by atoms with van der Waals surface area (Å²) in [5.74, 6) is 1.67. The molecule has 0 unspecified atom stereocenters. The van der Waals surface area contributed by atoms with E-state index in [4.69, 9.17) is 9.47 Å². The number of aliphatic hydroxyl groups excluding tert-OH is 1. The van der Waals surface area contributed by atoms with E-state index in [0.29, 0.717) is 51.4 Å². The van der Waals surface area contributed by atoms with Gasteiger partial charge in [0.2, 0.25) is 10.0 Å². The molecule has 1 aliphatic heterocycles. The van der Waals surface area contributed by atoms with Crippen LogP contribution in [-0.2, 0) is 26.5 Å². The van der Waals surface area contributed by atoms with Crippen molar-refractivity contribution in [2.45, 2.75) is 35.3 Å². The minimum atomic E-state index is -3.68. The van der Waals surface area contributed by atoms with Crippen molar-refractivity contribution in [1.82, 2.24) is 9.62 Å². The van der Waals surface area contributed by atoms with E-state index in [1.807, 2.05) is 54.6 Å². The molecule has 0 spiro atoms. The van der Waals surface area contributed by atoms with Crippen LogP contribution in [-0.4, -0.2) is 71.4 Å². The number of nitrogens with zero attached hydrogens (tertiary/aromatic N) is 1. The molecule has 0 bridgehead atoms. The van der Waals surface area contributed by atoms with Gasteiger partial charge in [0.1, 0.15) is 30.8 Å². The van der Waals surface area contributed by atoms with Gasteiger partial charge in [0, 0.05) is 25.9 Å². The van der Waals surface area contributed by atoms with E-state index in [1.54, 1.807) is 0 Å². The highest BCUT2D eigenvalue weighted by atomic mass is 32.2. The molecule has 11 heteroatoms. The van der Waals surface area contributed by atoms with Crippen molar-refractivity contribution in [3.05, 3.63) is 84.4 Å². The predicted molar refractivity (Wildman–Crippen MR) is 153 cm³/mol. The first-order valence-electron chi connectivity index (χ1n) is 13.2. The van der Waals surface area contributed by atoms with Crippen molar-refractivity contribution >= 4 is 19.9 Å². The first-order valence-corrected chi connectivity index (χ1v) is 16.5. The van der Waals surface area contributed by atoms with E-state index in [1.165, 1.54) is 28.6 Å². The number of piperidine rings is 1. The lowest BCUT2D eigenvalue weighted by Crippen LogP contribution is -2.42. The van der Waals surface area contributed by atoms with Gasteiger partial charge >= 0.3 is 0 Å². The molecule has 1 heterocycles. The molecule has 3 aromatic rings. The minimum absolute atomic E-state index is 0.0888. The zero-order valence-corrected chi connectivity index (χ0v) is 24.1. The zero-order chi connectivity index (χ0) is 28.6. The van der Waals surface area contributed by atoms with Gasteiger partial charge in [-0.05, 0) is 79.4 Å². The van der Waals surface area contributed by atoms with Gasteiger partial charge in [-0.15, -0.1) is 0 Å². The molecule has 0 aromatic heterocycles. The van der Waals surface area contributed by atoms with Crippen molar-refractivity contribution in [3.63, 3.8) is 0 Å². The van der Waals surface area contributed by atoms with Crippen LogP contribution in [0, 0.1) is 5.92 Å². The van der Waals surface area contributed by atoms with Crippen LogP contribution < -0.4 is 14.8 Å². The van der Waals surface area contributed by atoms with Crippen molar-refractivity contribution in [3.8, 4) is 11.5 Å². The fraction of sp³-hybridized carbons (Fsp3) is 0.379. The number of hydrogen-bond donors (Lipinski definition) is 2. The van der Waals surface area contributed by atoms with Gasteiger partial charge < -0.3 is 19.9 Å². The summed E-state index contributed by atoms with van der Waals surface area (Å²) in [6, 6.07) is 22.5. The second-order valence-electron chi connectivity index (χ2n) is 9.96. The van der Waals surface area contributed by atoms with Gasteiger partial charge in [-0.3, -0.25) is 0 Å². The lowest BCUT2D eigenvalue weighted by Gasteiger charge is -2.31. The maximum Gasteiger partial charge on any atom is 0.243 e. The molecule has 0 amide bonds. The first-order chi connectivity index (χ1) is 19.1. The van der Waals surface area contributed by atoms with Gasteiger partial charge in [0.05, 0.1) is 9.79 Å². The third-order valence-electron chi connectivity index (χ3n) is 6.79. The molecule has 40 heavy (non-hydrogen) atoms. The number of sulfone groups is 1. The second-order valence-corrected chi connectivity index (χ2v) is 13.9. The molecule has 4 rings (SSSR count). The number of nitrogens with one attached hydrogen (secondary N) is 1. The Morgan fingerprint density at radius 2 is 1.43 bits per heavy atom. The summed E-state index contributed by atoms with van der Waals surface area (Å²) >= 11 is 0. The molecule has 0 saturated carbocycles. The summed E-state index contributed by atoms with van der Waals surface area (Å²) in [6.45, 7) is 2.44. The molecule has 9 nitrogen and oxygen atoms in total. The summed E-state index contributed by atoms with van der Waals surface area (Å²) in [6.07, 6.45) is 1.78. The molecule has 1 aliphatic rings. The molecule has 2 N–H and O–H groups in total. The summed E-state index contributed by atoms with van der Waals surface area (Å²) in [5, 5.41) is 13.6. The molecule has 1 atom stereocenters. The molecular formula is C29H36N2O7S2. The van der Waals surface area contributed by atoms with Crippen LogP contribution in [0.25, 0.3) is 0 Å². The average molecular weight is 589 g/mol. The molecule has 0 radical (unpaired) electrons. The molecular weight excluding hydrogens is 552 g/mol. The maximum atomic E-state index is 13.0. The van der Waals surface area contributed by atoms with E-state index in [-0.39, 0.29) is 22.3 Å². The summed E-state index contributed by atoms with van der Waals surface area (Å²) < 4.78 is 62.1. The summed E-state index contributed by atoms with van der Waals surface area (Å²) in [4.78, 5) is 0.180. The summed E-state index contributed by atoms with van der Waals surface area (Å²) in [7, 11) is -7.07. The third kappa shape index (κ3) is 8.52. The van der Waals surface area contributed by atoms with E-state index in [0.717, 1.165) is 17.6 Å². The molecule has 216 valence electrons. The SMILES string of the molecule is CS(=O)(=O)c1ccc(S(=O)(=O)N2CCC(CNC[C@H](O)COc3ccc(OCc4ccccc4)cc3)CC2)cc1. The molecule has 3 aromatic carbocycles. The van der Waals surface area contributed by atoms with Crippen LogP contribution in [0.4, 0.5) is 0 Å². The Balaban J connectivity index is 1.13. The smallest absolute Gasteiger partial charge is 0.243 e. The fourth-order valence-corrected chi connectivity index (χ4v) is 6.54. The fourth-order valence-electron chi connectivity index (χ4n) is 4.44. The van der Waals surface area contributed by atoms with Gasteiger partial charge in [0.15, 0.2) is 9.84 Å². The molecule has 1 fully saturated rings. The Morgan fingerprint density at radius 1 is 0.850 bits per heavy atom. The van der Waals surface area contributed by atoms with Crippen molar-refractivity contribution in [1.29, 1.82) is 0 Å². The van der Waals surface area contributed by atoms with Crippen molar-refractivity contribution < 1.29 is 31.4 Å². The largest absolute Gasteiger partial charge is 0.491 e. The second kappa shape index (κ2) is 13.6. The Kier molecular flexibility index (Phi) is 10.2. The first kappa shape index (κ1) is 30.0. The highest BCUT2D eigenvalue weighted by Crippen LogP contribution is 2.24. The standard InChI is InChI=1S/C29H36N2O7S2/c1-39(33,34)28-11-13-29(14-12-28)40(35,36)31-17-15-23(16-18-31)19-30-20-25(32)22-38-27-9-7-26(8-10-27)37-21-24-5-3-2-4-6-24/h2-14,23,25,30,32H,15-22H2,1H3/t25-/m0/s1. The van der Waals surface area contributed by atoms with E-state index in [2.05, 4.69) is 5.32 Å². The van der Waals surface area contributed by atoms with Crippen LogP contribution in [0.3, 0.4) is 0 Å². The lowest BCUT2D eigenvalue weighted by molar-refractivity contribution is 0.104. The average Bonchev–Trinajstić information content (AvgIpc) is 2.96. The quantitative estimate of drug-likeness (QED) is 0.313. The number of aliphatic hydroxyl groups is 1. The molecule has 0 aliphatic carbocycles. The highest BCUT2D eigenvalue weighted by molar-refractivity contribution is 7.90. The topological polar surface area (TPSA) is 122 Å². The van der Waals surface area contributed by atoms with E-state index >= 15 is 0 Å². The van der Waals surface area contributed by atoms with Crippen LogP contribution >= 0.6 is 0 Å². The monoisotopic (exact) mass is 588 g/mol. The lowest BCUT2D eigenvalue weighted by atomic mass is 9.98. The Hall–Kier alpha value is -2.96. The predicted octanol–water partition coefficient (Wildman–Crippen LogP) is 3.10. The maximum absolute atomic E-state index is 13.0. The van der Waals surface area contributed by atoms with Gasteiger partial charge in [-0.25, -0.2) is 16.8 Å². The highest BCUT2D eigenvalue weighted by Gasteiger charge is 2.29. The summed E-state index contributed by atoms with van der Waals surface area (Å²) in [5.41, 5.74) is 1.09. The van der Waals surface area contributed by atoms with Crippen LogP contribution in [0.1, 0.15) is 18.4 Å². The van der Waals surface area contributed by atoms with E-state index in [9.17, 15) is 21.9 Å². The number of hydrogen-bond acceptors (Lipinski definition) is 8. The number of sulfonamides is 1.